The van der Waals surface area contributed by atoms with E-state index < -0.39 is 11.6 Å². The van der Waals surface area contributed by atoms with Crippen molar-refractivity contribution < 1.29 is 14.0 Å². The van der Waals surface area contributed by atoms with E-state index >= 15 is 0 Å². The molecule has 14 heavy (non-hydrogen) atoms. The predicted molar refractivity (Wildman–Crippen MR) is 52.1 cm³/mol. The highest BCUT2D eigenvalue weighted by molar-refractivity contribution is 9.12. The number of ketones is 2. The van der Waals surface area contributed by atoms with Crippen molar-refractivity contribution in [1.29, 1.82) is 0 Å². The van der Waals surface area contributed by atoms with E-state index in [1.807, 2.05) is 0 Å². The topological polar surface area (TPSA) is 34.1 Å². The maximum Gasteiger partial charge on any atom is 0.200 e. The van der Waals surface area contributed by atoms with Gasteiger partial charge in [-0.1, -0.05) is 12.1 Å². The molecule has 0 unspecified atom stereocenters. The van der Waals surface area contributed by atoms with E-state index in [0.29, 0.717) is 0 Å². The van der Waals surface area contributed by atoms with Crippen LogP contribution in [0.25, 0.3) is 0 Å². The summed E-state index contributed by atoms with van der Waals surface area (Å²) in [5, 5.41) is 0. The molecular formula is C10H4BrFO2. The van der Waals surface area contributed by atoms with E-state index in [1.54, 1.807) is 0 Å². The Morgan fingerprint density at radius 3 is 2.64 bits per heavy atom. The summed E-state index contributed by atoms with van der Waals surface area (Å²) < 4.78 is 13.4. The lowest BCUT2D eigenvalue weighted by Gasteiger charge is -2.11. The van der Waals surface area contributed by atoms with Gasteiger partial charge in [-0.05, 0) is 22.0 Å². The molecule has 1 aromatic rings. The molecule has 0 fully saturated rings. The van der Waals surface area contributed by atoms with Crippen LogP contribution in [0.15, 0.2) is 28.8 Å². The predicted octanol–water partition coefficient (Wildman–Crippen LogP) is 2.48. The molecule has 4 heteroatoms. The number of carbonyl (C=O) groups is 2. The van der Waals surface area contributed by atoms with E-state index in [9.17, 15) is 14.0 Å². The average Bonchev–Trinajstić information content (AvgIpc) is 2.14. The van der Waals surface area contributed by atoms with Crippen LogP contribution in [0.5, 0.6) is 0 Å². The SMILES string of the molecule is O=C1C(Br)=CC(=O)c2c(F)cccc21. The van der Waals surface area contributed by atoms with Crippen molar-refractivity contribution in [2.75, 3.05) is 0 Å². The van der Waals surface area contributed by atoms with Crippen molar-refractivity contribution in [2.24, 2.45) is 0 Å². The van der Waals surface area contributed by atoms with Gasteiger partial charge in [-0.2, -0.15) is 0 Å². The maximum absolute atomic E-state index is 13.2. The number of fused-ring (bicyclic) bond motifs is 1. The molecule has 1 aromatic carbocycles. The van der Waals surface area contributed by atoms with Gasteiger partial charge >= 0.3 is 0 Å². The van der Waals surface area contributed by atoms with Crippen LogP contribution >= 0.6 is 15.9 Å². The molecule has 0 amide bonds. The van der Waals surface area contributed by atoms with Gasteiger partial charge in [-0.25, -0.2) is 4.39 Å². The maximum atomic E-state index is 13.2. The molecule has 70 valence electrons. The first-order chi connectivity index (χ1) is 6.61. The van der Waals surface area contributed by atoms with Crippen LogP contribution in [0, 0.1) is 5.82 Å². The van der Waals surface area contributed by atoms with Crippen molar-refractivity contribution in [1.82, 2.24) is 0 Å². The van der Waals surface area contributed by atoms with E-state index in [1.165, 1.54) is 12.1 Å². The van der Waals surface area contributed by atoms with E-state index in [-0.39, 0.29) is 21.4 Å². The second kappa shape index (κ2) is 3.13. The zero-order valence-electron chi connectivity index (χ0n) is 6.88. The number of halogens is 2. The molecule has 0 heterocycles. The molecular weight excluding hydrogens is 251 g/mol. The fourth-order valence-corrected chi connectivity index (χ4v) is 1.77. The van der Waals surface area contributed by atoms with Crippen molar-refractivity contribution >= 4 is 27.5 Å². The second-order valence-electron chi connectivity index (χ2n) is 2.85. The van der Waals surface area contributed by atoms with Crippen LogP contribution in [0.3, 0.4) is 0 Å². The first-order valence-electron chi connectivity index (χ1n) is 3.86. The van der Waals surface area contributed by atoms with Gasteiger partial charge in [-0.3, -0.25) is 9.59 Å². The highest BCUT2D eigenvalue weighted by atomic mass is 79.9. The summed E-state index contributed by atoms with van der Waals surface area (Å²) in [4.78, 5) is 22.8. The summed E-state index contributed by atoms with van der Waals surface area (Å²) in [7, 11) is 0. The number of hydrogen-bond donors (Lipinski definition) is 0. The van der Waals surface area contributed by atoms with Crippen molar-refractivity contribution in [2.45, 2.75) is 0 Å². The molecule has 0 saturated heterocycles. The minimum atomic E-state index is -0.655. The lowest BCUT2D eigenvalue weighted by Crippen LogP contribution is -2.15. The van der Waals surface area contributed by atoms with Gasteiger partial charge in [0, 0.05) is 11.6 Å². The van der Waals surface area contributed by atoms with Crippen molar-refractivity contribution in [3.05, 3.63) is 45.7 Å². The van der Waals surface area contributed by atoms with Gasteiger partial charge in [0.1, 0.15) is 5.82 Å². The normalized spacial score (nSPS) is 15.1. The number of carbonyl (C=O) groups excluding carboxylic acids is 2. The van der Waals surface area contributed by atoms with Gasteiger partial charge in [0.15, 0.2) is 5.78 Å². The number of benzene rings is 1. The molecule has 0 spiro atoms. The monoisotopic (exact) mass is 254 g/mol. The minimum Gasteiger partial charge on any atom is -0.289 e. The molecule has 0 radical (unpaired) electrons. The van der Waals surface area contributed by atoms with Crippen LogP contribution < -0.4 is 0 Å². The fourth-order valence-electron chi connectivity index (χ4n) is 1.35. The highest BCUT2D eigenvalue weighted by Crippen LogP contribution is 2.25. The third-order valence-electron chi connectivity index (χ3n) is 1.98. The first kappa shape index (κ1) is 9.27. The van der Waals surface area contributed by atoms with E-state index in [2.05, 4.69) is 15.9 Å². The summed E-state index contributed by atoms with van der Waals surface area (Å²) in [6.45, 7) is 0. The van der Waals surface area contributed by atoms with Crippen LogP contribution in [-0.4, -0.2) is 11.6 Å². The number of rotatable bonds is 0. The molecule has 1 aliphatic carbocycles. The molecule has 1 aliphatic rings. The number of Topliss-reactive ketones (excluding diaryl/α,β-unsaturated/α-hetero) is 1. The largest absolute Gasteiger partial charge is 0.289 e. The third kappa shape index (κ3) is 1.23. The summed E-state index contributed by atoms with van der Waals surface area (Å²) in [5.41, 5.74) is -0.0231. The van der Waals surface area contributed by atoms with Crippen molar-refractivity contribution in [3.63, 3.8) is 0 Å². The third-order valence-corrected chi connectivity index (χ3v) is 2.57. The molecule has 2 nitrogen and oxygen atoms in total. The Morgan fingerprint density at radius 2 is 1.93 bits per heavy atom. The standard InChI is InChI=1S/C10H4BrFO2/c11-6-4-8(13)9-5(10(6)14)2-1-3-7(9)12/h1-4H. The number of hydrogen-bond acceptors (Lipinski definition) is 2. The fraction of sp³-hybridized carbons (Fsp3) is 0. The Kier molecular flexibility index (Phi) is 2.07. The Labute approximate surface area is 87.6 Å². The van der Waals surface area contributed by atoms with Gasteiger partial charge in [0.25, 0.3) is 0 Å². The molecule has 2 rings (SSSR count). The van der Waals surface area contributed by atoms with Gasteiger partial charge < -0.3 is 0 Å². The van der Waals surface area contributed by atoms with Crippen LogP contribution in [0.2, 0.25) is 0 Å². The van der Waals surface area contributed by atoms with E-state index in [4.69, 9.17) is 0 Å². The zero-order valence-corrected chi connectivity index (χ0v) is 8.47. The Morgan fingerprint density at radius 1 is 1.21 bits per heavy atom. The zero-order chi connectivity index (χ0) is 10.3. The van der Waals surface area contributed by atoms with Crippen molar-refractivity contribution in [3.8, 4) is 0 Å². The summed E-state index contributed by atoms with van der Waals surface area (Å²) in [6, 6.07) is 4.01. The summed E-state index contributed by atoms with van der Waals surface area (Å²) >= 11 is 2.96. The first-order valence-corrected chi connectivity index (χ1v) is 4.65. The number of allylic oxidation sites excluding steroid dienone is 2. The lowest BCUT2D eigenvalue weighted by molar-refractivity contribution is 0.0988. The minimum absolute atomic E-state index is 0.115. The van der Waals surface area contributed by atoms with Gasteiger partial charge in [-0.15, -0.1) is 0 Å². The van der Waals surface area contributed by atoms with Crippen LogP contribution in [0.4, 0.5) is 4.39 Å². The smallest absolute Gasteiger partial charge is 0.200 e. The Balaban J connectivity index is 2.75. The molecule has 0 aliphatic heterocycles. The van der Waals surface area contributed by atoms with Crippen LogP contribution in [-0.2, 0) is 0 Å². The van der Waals surface area contributed by atoms with Gasteiger partial charge in [0.05, 0.1) is 10.0 Å². The Bertz CT molecular complexity index is 477. The molecule has 0 saturated carbocycles. The molecule has 0 N–H and O–H groups in total. The average molecular weight is 255 g/mol. The highest BCUT2D eigenvalue weighted by Gasteiger charge is 2.26. The lowest BCUT2D eigenvalue weighted by atomic mass is 9.94. The quantitative estimate of drug-likeness (QED) is 0.713. The molecule has 0 atom stereocenters. The molecule has 0 bridgehead atoms. The van der Waals surface area contributed by atoms with Gasteiger partial charge in [0.2, 0.25) is 5.78 Å². The van der Waals surface area contributed by atoms with Crippen LogP contribution in [0.1, 0.15) is 20.7 Å². The summed E-state index contributed by atoms with van der Waals surface area (Å²) in [5.74, 6) is -1.50. The molecule has 0 aromatic heterocycles. The van der Waals surface area contributed by atoms with E-state index in [0.717, 1.165) is 12.1 Å². The second-order valence-corrected chi connectivity index (χ2v) is 3.70. The Hall–Kier alpha value is -1.29. The summed E-state index contributed by atoms with van der Waals surface area (Å²) in [6.07, 6.45) is 1.09.